The zero-order chi connectivity index (χ0) is 23.3. The molecule has 0 spiro atoms. The van der Waals surface area contributed by atoms with E-state index in [1.807, 2.05) is 55.5 Å². The minimum absolute atomic E-state index is 0.177. The average Bonchev–Trinajstić information content (AvgIpc) is 2.79. The van der Waals surface area contributed by atoms with Crippen LogP contribution >= 0.6 is 0 Å². The molecular weight excluding hydrogens is 400 g/mol. The first-order chi connectivity index (χ1) is 15.3. The maximum Gasteiger partial charge on any atom is 0.308 e. The van der Waals surface area contributed by atoms with Gasteiger partial charge in [0.1, 0.15) is 12.1 Å². The van der Waals surface area contributed by atoms with Crippen LogP contribution in [-0.4, -0.2) is 72.0 Å². The number of benzene rings is 1. The smallest absolute Gasteiger partial charge is 0.308 e. The van der Waals surface area contributed by atoms with E-state index in [2.05, 4.69) is 40.0 Å². The molecule has 1 aromatic carbocycles. The van der Waals surface area contributed by atoms with Gasteiger partial charge in [-0.3, -0.25) is 10.7 Å². The van der Waals surface area contributed by atoms with Crippen molar-refractivity contribution in [2.75, 3.05) is 33.2 Å². The monoisotopic (exact) mass is 435 g/mol. The Morgan fingerprint density at radius 1 is 1.16 bits per heavy atom. The molecule has 6 N–H and O–H groups in total. The number of piperazine rings is 1. The highest BCUT2D eigenvalue weighted by Gasteiger charge is 2.30. The molecule has 1 heterocycles. The summed E-state index contributed by atoms with van der Waals surface area (Å²) in [6.07, 6.45) is 4.87. The summed E-state index contributed by atoms with van der Waals surface area (Å²) in [5.74, 6) is 0.392. The number of likely N-dealkylation sites (N-methyl/N-ethyl adjacent to an activating group) is 1. The number of nitrogens with two attached hydrogens (primary N) is 2. The van der Waals surface area contributed by atoms with Crippen LogP contribution < -0.4 is 16.5 Å². The number of rotatable bonds is 6. The number of aliphatic hydroxyl groups excluding tert-OH is 1. The number of aliphatic hydroxyl groups is 1. The van der Waals surface area contributed by atoms with E-state index in [1.54, 1.807) is 0 Å². The number of aliphatic imine (C=N–C) groups is 1. The van der Waals surface area contributed by atoms with Gasteiger partial charge in [0.15, 0.2) is 0 Å². The Morgan fingerprint density at radius 3 is 2.44 bits per heavy atom. The van der Waals surface area contributed by atoms with E-state index in [9.17, 15) is 5.11 Å². The number of nitrogens with zero attached hydrogens (tertiary/aromatic N) is 3. The van der Waals surface area contributed by atoms with Gasteiger partial charge < -0.3 is 20.6 Å². The van der Waals surface area contributed by atoms with Gasteiger partial charge in [-0.2, -0.15) is 0 Å². The summed E-state index contributed by atoms with van der Waals surface area (Å²) in [6, 6.07) is 9.08. The van der Waals surface area contributed by atoms with E-state index >= 15 is 0 Å². The number of amidine groups is 2. The molecule has 1 aliphatic carbocycles. The maximum absolute atomic E-state index is 11.0. The third-order valence-electron chi connectivity index (χ3n) is 5.92. The van der Waals surface area contributed by atoms with E-state index in [4.69, 9.17) is 11.5 Å². The molecule has 32 heavy (non-hydrogen) atoms. The molecule has 0 radical (unpaired) electrons. The fourth-order valence-electron chi connectivity index (χ4n) is 3.90. The third kappa shape index (κ3) is 5.55. The first-order valence-electron chi connectivity index (χ1n) is 10.9. The van der Waals surface area contributed by atoms with Crippen molar-refractivity contribution in [3.8, 4) is 0 Å². The molecule has 7 heteroatoms. The lowest BCUT2D eigenvalue weighted by Gasteiger charge is -2.37. The van der Waals surface area contributed by atoms with Gasteiger partial charge >= 0.3 is 5.84 Å². The van der Waals surface area contributed by atoms with Gasteiger partial charge in [-0.15, -0.1) is 0 Å². The highest BCUT2D eigenvalue weighted by atomic mass is 16.3. The topological polar surface area (TPSA) is 105 Å². The van der Waals surface area contributed by atoms with Crippen LogP contribution in [0.3, 0.4) is 0 Å². The lowest BCUT2D eigenvalue weighted by Crippen LogP contribution is -2.86. The van der Waals surface area contributed by atoms with Gasteiger partial charge in [0.2, 0.25) is 5.84 Å². The second-order valence-electron chi connectivity index (χ2n) is 8.45. The van der Waals surface area contributed by atoms with Crippen LogP contribution in [0.1, 0.15) is 18.5 Å². The summed E-state index contributed by atoms with van der Waals surface area (Å²) in [5.41, 5.74) is 15.9. The fourth-order valence-corrected chi connectivity index (χ4v) is 3.90. The molecule has 0 amide bonds. The van der Waals surface area contributed by atoms with E-state index in [-0.39, 0.29) is 17.7 Å². The fraction of sp³-hybridized carbons (Fsp3) is 0.360. The number of nitrogens with one attached hydrogen (secondary N) is 1. The predicted octanol–water partition coefficient (Wildman–Crippen LogP) is 0.0856. The van der Waals surface area contributed by atoms with Crippen molar-refractivity contribution in [2.24, 2.45) is 16.5 Å². The molecule has 1 fully saturated rings. The molecule has 0 aromatic heterocycles. The summed E-state index contributed by atoms with van der Waals surface area (Å²) >= 11 is 0. The molecule has 2 aliphatic rings. The third-order valence-corrected chi connectivity index (χ3v) is 5.92. The van der Waals surface area contributed by atoms with Crippen LogP contribution in [0.4, 0.5) is 0 Å². The normalized spacial score (nSPS) is 23.6. The molecule has 0 bridgehead atoms. The van der Waals surface area contributed by atoms with Crippen molar-refractivity contribution in [1.29, 1.82) is 0 Å². The highest BCUT2D eigenvalue weighted by molar-refractivity contribution is 6.36. The Kier molecular flexibility index (Phi) is 7.66. The van der Waals surface area contributed by atoms with Crippen molar-refractivity contribution in [2.45, 2.75) is 25.1 Å². The second kappa shape index (κ2) is 10.4. The number of allylic oxidation sites excluding steroid dienone is 2. The zero-order valence-corrected chi connectivity index (χ0v) is 19.0. The van der Waals surface area contributed by atoms with Crippen molar-refractivity contribution in [3.05, 3.63) is 84.1 Å². The molecule has 7 nitrogen and oxygen atoms in total. The van der Waals surface area contributed by atoms with Crippen LogP contribution in [0.5, 0.6) is 0 Å². The van der Waals surface area contributed by atoms with Crippen LogP contribution in [0.15, 0.2) is 83.6 Å². The van der Waals surface area contributed by atoms with Crippen molar-refractivity contribution in [1.82, 2.24) is 9.80 Å². The Balaban J connectivity index is 1.75. The summed E-state index contributed by atoms with van der Waals surface area (Å²) < 4.78 is 0. The summed E-state index contributed by atoms with van der Waals surface area (Å²) in [5, 5.41) is 11.0. The molecule has 1 aromatic rings. The largest absolute Gasteiger partial charge is 0.384 e. The summed E-state index contributed by atoms with van der Waals surface area (Å²) in [4.78, 5) is 12.2. The Morgan fingerprint density at radius 2 is 1.81 bits per heavy atom. The first kappa shape index (κ1) is 23.5. The van der Waals surface area contributed by atoms with Crippen molar-refractivity contribution in [3.63, 3.8) is 0 Å². The van der Waals surface area contributed by atoms with Crippen LogP contribution in [0, 0.1) is 0 Å². The molecule has 0 saturated carbocycles. The standard InChI is InChI=1S/C25H34N6O/c1-17(2)22(19-9-6-5-7-10-19)29-25(27)24(26)28-21-12-8-11-20(23(21)32)18(3)31-15-13-30(4)14-16-31/h5-12,21-23,32H,1,3,13-16H2,2,4H3,(H2,26,28)(H2,27,29)/p+1/t21?,22-,23?/m1/s1. The lowest BCUT2D eigenvalue weighted by molar-refractivity contribution is -0.498. The van der Waals surface area contributed by atoms with Gasteiger partial charge in [-0.25, -0.2) is 4.99 Å². The number of hydrogen-bond acceptors (Lipinski definition) is 4. The van der Waals surface area contributed by atoms with Gasteiger partial charge in [-0.05, 0) is 25.6 Å². The van der Waals surface area contributed by atoms with Gasteiger partial charge in [0, 0.05) is 37.4 Å². The number of hydrogen-bond donors (Lipinski definition) is 4. The quantitative estimate of drug-likeness (QED) is 0.288. The average molecular weight is 436 g/mol. The zero-order valence-electron chi connectivity index (χ0n) is 19.0. The Labute approximate surface area is 190 Å². The molecule has 1 aliphatic heterocycles. The highest BCUT2D eigenvalue weighted by Crippen LogP contribution is 2.24. The first-order valence-corrected chi connectivity index (χ1v) is 10.9. The van der Waals surface area contributed by atoms with Gasteiger partial charge in [0.05, 0.1) is 6.04 Å². The minimum Gasteiger partial charge on any atom is -0.384 e. The Hall–Kier alpha value is -3.16. The molecule has 3 rings (SSSR count). The minimum atomic E-state index is -0.801. The van der Waals surface area contributed by atoms with E-state index in [0.29, 0.717) is 0 Å². The molecule has 2 unspecified atom stereocenters. The van der Waals surface area contributed by atoms with E-state index in [0.717, 1.165) is 48.6 Å². The molecule has 1 saturated heterocycles. The van der Waals surface area contributed by atoms with Crippen LogP contribution in [0.25, 0.3) is 0 Å². The van der Waals surface area contributed by atoms with Crippen LogP contribution in [0.2, 0.25) is 0 Å². The summed E-state index contributed by atoms with van der Waals surface area (Å²) in [7, 11) is 2.11. The maximum atomic E-state index is 11.0. The molecule has 170 valence electrons. The predicted molar refractivity (Wildman–Crippen MR) is 131 cm³/mol. The van der Waals surface area contributed by atoms with Gasteiger partial charge in [0.25, 0.3) is 0 Å². The van der Waals surface area contributed by atoms with Crippen molar-refractivity contribution < 1.29 is 10.1 Å². The van der Waals surface area contributed by atoms with Crippen molar-refractivity contribution >= 4 is 11.7 Å². The SMILES string of the molecule is C=C(C)[C@@H](N=C(N)C(N)=[NH+]C1C=CC=C(C(=C)N2CCN(C)CC2)C1O)c1ccccc1. The Bertz CT molecular complexity index is 954. The van der Waals surface area contributed by atoms with E-state index < -0.39 is 12.1 Å². The second-order valence-corrected chi connectivity index (χ2v) is 8.45. The van der Waals surface area contributed by atoms with Gasteiger partial charge in [-0.1, -0.05) is 61.2 Å². The summed E-state index contributed by atoms with van der Waals surface area (Å²) in [6.45, 7) is 13.9. The van der Waals surface area contributed by atoms with Crippen LogP contribution in [-0.2, 0) is 0 Å². The molecular formula is C25H35N6O+. The lowest BCUT2D eigenvalue weighted by atomic mass is 9.94. The molecule has 3 atom stereocenters. The van der Waals surface area contributed by atoms with E-state index in [1.165, 1.54) is 0 Å².